The van der Waals surface area contributed by atoms with Crippen molar-refractivity contribution in [3.8, 4) is 0 Å². The van der Waals surface area contributed by atoms with E-state index in [2.05, 4.69) is 26.1 Å². The van der Waals surface area contributed by atoms with Gasteiger partial charge in [-0.05, 0) is 52.5 Å². The first-order valence-corrected chi connectivity index (χ1v) is 8.84. The highest BCUT2D eigenvalue weighted by Gasteiger charge is 2.40. The van der Waals surface area contributed by atoms with Crippen LogP contribution >= 0.6 is 0 Å². The second-order valence-corrected chi connectivity index (χ2v) is 7.29. The molecule has 1 fully saturated rings. The zero-order valence-corrected chi connectivity index (χ0v) is 14.8. The molecule has 0 saturated heterocycles. The van der Waals surface area contributed by atoms with Crippen molar-refractivity contribution in [1.82, 2.24) is 5.32 Å². The summed E-state index contributed by atoms with van der Waals surface area (Å²) in [7, 11) is 0. The van der Waals surface area contributed by atoms with E-state index in [1.54, 1.807) is 0 Å². The molecular weight excluding hydrogens is 262 g/mol. The molecule has 0 aliphatic heterocycles. The maximum atomic E-state index is 12.7. The predicted molar refractivity (Wildman–Crippen MR) is 88.4 cm³/mol. The summed E-state index contributed by atoms with van der Waals surface area (Å²) in [4.78, 5) is 12.7. The van der Waals surface area contributed by atoms with Crippen LogP contribution in [0.25, 0.3) is 0 Å². The molecule has 0 aromatic heterocycles. The van der Waals surface area contributed by atoms with Crippen LogP contribution in [0.5, 0.6) is 0 Å². The minimum atomic E-state index is -0.550. The van der Waals surface area contributed by atoms with Crippen molar-refractivity contribution in [1.29, 1.82) is 0 Å². The fourth-order valence-corrected chi connectivity index (χ4v) is 3.56. The van der Waals surface area contributed by atoms with Gasteiger partial charge in [0.2, 0.25) is 0 Å². The van der Waals surface area contributed by atoms with Crippen LogP contribution in [0.4, 0.5) is 0 Å². The molecule has 124 valence electrons. The fraction of sp³-hybridized carbons (Fsp3) is 0.944. The van der Waals surface area contributed by atoms with Crippen LogP contribution in [0.15, 0.2) is 0 Å². The molecule has 1 unspecified atom stereocenters. The van der Waals surface area contributed by atoms with Crippen molar-refractivity contribution in [2.24, 2.45) is 5.92 Å². The molecule has 21 heavy (non-hydrogen) atoms. The Morgan fingerprint density at radius 3 is 2.14 bits per heavy atom. The van der Waals surface area contributed by atoms with Crippen molar-refractivity contribution in [3.05, 3.63) is 0 Å². The maximum absolute atomic E-state index is 12.7. The minimum absolute atomic E-state index is 0.0829. The van der Waals surface area contributed by atoms with Gasteiger partial charge in [-0.3, -0.25) is 4.79 Å². The Labute approximate surface area is 131 Å². The largest absolute Gasteiger partial charge is 0.458 e. The molecular formula is C18H35NO2. The lowest BCUT2D eigenvalue weighted by Crippen LogP contribution is -2.53. The van der Waals surface area contributed by atoms with Crippen molar-refractivity contribution in [3.63, 3.8) is 0 Å². The van der Waals surface area contributed by atoms with E-state index in [9.17, 15) is 4.79 Å². The average Bonchev–Trinajstić information content (AvgIpc) is 2.68. The molecule has 0 aromatic rings. The molecule has 1 saturated carbocycles. The second kappa shape index (κ2) is 8.17. The van der Waals surface area contributed by atoms with Gasteiger partial charge >= 0.3 is 5.97 Å². The highest BCUT2D eigenvalue weighted by atomic mass is 16.6. The van der Waals surface area contributed by atoms with E-state index >= 15 is 0 Å². The highest BCUT2D eigenvalue weighted by Crippen LogP contribution is 2.35. The first-order chi connectivity index (χ1) is 9.85. The van der Waals surface area contributed by atoms with Gasteiger partial charge < -0.3 is 10.1 Å². The third-order valence-corrected chi connectivity index (χ3v) is 4.96. The average molecular weight is 297 g/mol. The number of nitrogens with one attached hydrogen (secondary N) is 1. The molecule has 0 heterocycles. The number of hydrogen-bond donors (Lipinski definition) is 1. The van der Waals surface area contributed by atoms with Crippen molar-refractivity contribution in [2.45, 2.75) is 97.1 Å². The number of hydrogen-bond acceptors (Lipinski definition) is 3. The van der Waals surface area contributed by atoms with Crippen LogP contribution in [0.2, 0.25) is 0 Å². The molecule has 1 aliphatic rings. The molecule has 3 heteroatoms. The van der Waals surface area contributed by atoms with Gasteiger partial charge in [0.1, 0.15) is 11.1 Å². The summed E-state index contributed by atoms with van der Waals surface area (Å²) in [5.74, 6) is 0.414. The smallest absolute Gasteiger partial charge is 0.326 e. The Morgan fingerprint density at radius 1 is 1.10 bits per heavy atom. The zero-order chi connectivity index (χ0) is 15.9. The molecule has 0 spiro atoms. The van der Waals surface area contributed by atoms with Gasteiger partial charge in [0.05, 0.1) is 0 Å². The van der Waals surface area contributed by atoms with E-state index in [4.69, 9.17) is 4.74 Å². The van der Waals surface area contributed by atoms with E-state index in [0.717, 1.165) is 19.4 Å². The van der Waals surface area contributed by atoms with Crippen LogP contribution < -0.4 is 5.32 Å². The maximum Gasteiger partial charge on any atom is 0.326 e. The van der Waals surface area contributed by atoms with Crippen LogP contribution in [-0.4, -0.2) is 23.7 Å². The van der Waals surface area contributed by atoms with Gasteiger partial charge in [-0.2, -0.15) is 0 Å². The molecule has 0 bridgehead atoms. The van der Waals surface area contributed by atoms with Crippen molar-refractivity contribution >= 4 is 5.97 Å². The van der Waals surface area contributed by atoms with Gasteiger partial charge in [0.15, 0.2) is 0 Å². The molecule has 0 aromatic carbocycles. The molecule has 1 N–H and O–H groups in total. The summed E-state index contributed by atoms with van der Waals surface area (Å²) in [5, 5.41) is 3.32. The van der Waals surface area contributed by atoms with E-state index < -0.39 is 5.54 Å². The Bertz CT molecular complexity index is 311. The Kier molecular flexibility index (Phi) is 7.19. The monoisotopic (exact) mass is 297 g/mol. The molecule has 0 radical (unpaired) electrons. The van der Waals surface area contributed by atoms with Gasteiger partial charge in [0.25, 0.3) is 0 Å². The SMILES string of the molecule is CCCC(C)(NCC)C(=O)OC(C)(C)C1CCCCCC1. The number of ether oxygens (including phenoxy) is 1. The quantitative estimate of drug-likeness (QED) is 0.557. The molecule has 1 rings (SSSR count). The van der Waals surface area contributed by atoms with Gasteiger partial charge in [-0.1, -0.05) is 46.0 Å². The number of carbonyl (C=O) groups is 1. The second-order valence-electron chi connectivity index (χ2n) is 7.29. The standard InChI is InChI=1S/C18H35NO2/c1-6-14-18(5,19-7-2)16(20)21-17(3,4)15-12-10-8-9-11-13-15/h15,19H,6-14H2,1-5H3. The summed E-state index contributed by atoms with van der Waals surface area (Å²) >= 11 is 0. The lowest BCUT2D eigenvalue weighted by molar-refractivity contribution is -0.170. The molecule has 1 aliphatic carbocycles. The van der Waals surface area contributed by atoms with Gasteiger partial charge in [-0.25, -0.2) is 0 Å². The Hall–Kier alpha value is -0.570. The topological polar surface area (TPSA) is 38.3 Å². The van der Waals surface area contributed by atoms with Crippen LogP contribution in [0.1, 0.15) is 86.0 Å². The molecule has 1 atom stereocenters. The Balaban J connectivity index is 2.72. The van der Waals surface area contributed by atoms with E-state index in [0.29, 0.717) is 5.92 Å². The minimum Gasteiger partial charge on any atom is -0.458 e. The summed E-state index contributed by atoms with van der Waals surface area (Å²) in [6, 6.07) is 0. The van der Waals surface area contributed by atoms with Crippen LogP contribution in [0.3, 0.4) is 0 Å². The van der Waals surface area contributed by atoms with Crippen molar-refractivity contribution in [2.75, 3.05) is 6.54 Å². The lowest BCUT2D eigenvalue weighted by Gasteiger charge is -2.38. The number of esters is 1. The molecule has 3 nitrogen and oxygen atoms in total. The molecule has 0 amide bonds. The van der Waals surface area contributed by atoms with Gasteiger partial charge in [0, 0.05) is 0 Å². The lowest BCUT2D eigenvalue weighted by atomic mass is 9.84. The van der Waals surface area contributed by atoms with E-state index in [1.807, 2.05) is 13.8 Å². The summed E-state index contributed by atoms with van der Waals surface area (Å²) in [6.45, 7) is 11.1. The summed E-state index contributed by atoms with van der Waals surface area (Å²) in [5.41, 5.74) is -0.905. The number of rotatable bonds is 7. The van der Waals surface area contributed by atoms with E-state index in [1.165, 1.54) is 38.5 Å². The van der Waals surface area contributed by atoms with Crippen LogP contribution in [0, 0.1) is 5.92 Å². The summed E-state index contributed by atoms with van der Waals surface area (Å²) < 4.78 is 6.00. The highest BCUT2D eigenvalue weighted by molar-refractivity contribution is 5.80. The zero-order valence-electron chi connectivity index (χ0n) is 14.8. The predicted octanol–water partition coefficient (Wildman–Crippen LogP) is 4.45. The third-order valence-electron chi connectivity index (χ3n) is 4.96. The summed E-state index contributed by atoms with van der Waals surface area (Å²) in [6.07, 6.45) is 9.36. The fourth-order valence-electron chi connectivity index (χ4n) is 3.56. The normalized spacial score (nSPS) is 20.6. The van der Waals surface area contributed by atoms with Gasteiger partial charge in [-0.15, -0.1) is 0 Å². The van der Waals surface area contributed by atoms with Crippen LogP contribution in [-0.2, 0) is 9.53 Å². The number of likely N-dealkylation sites (N-methyl/N-ethyl adjacent to an activating group) is 1. The first kappa shape index (κ1) is 18.5. The van der Waals surface area contributed by atoms with E-state index in [-0.39, 0.29) is 11.6 Å². The third kappa shape index (κ3) is 5.28. The number of carbonyl (C=O) groups excluding carboxylic acids is 1. The Morgan fingerprint density at radius 2 is 1.67 bits per heavy atom. The first-order valence-electron chi connectivity index (χ1n) is 8.84. The van der Waals surface area contributed by atoms with Crippen molar-refractivity contribution < 1.29 is 9.53 Å².